The van der Waals surface area contributed by atoms with Gasteiger partial charge in [-0.05, 0) is 60.8 Å². The van der Waals surface area contributed by atoms with Gasteiger partial charge in [-0.25, -0.2) is 4.84 Å². The number of aliphatic hydroxyl groups is 2. The maximum absolute atomic E-state index is 13.8. The monoisotopic (exact) mass is 493 g/mol. The van der Waals surface area contributed by atoms with Crippen LogP contribution in [0.25, 0.3) is 0 Å². The molecule has 6 rings (SSSR count). The standard InChI is InChI=1S/C27H27NO6S/c1-14-8-20-21(30)10-19-18-9-15-4-3-5-17(15)24(18)28(25(33)16-6-7-35-13-16)34-27(19,23(32)12-29)26(20,2)11-22(14)31/h6-8,10,13-14,22,29,31H,3-5,9,11-12H2,1-2H3/t14-,22-,26-,27+/m0/s1. The molecular formula is C27H27NO6S. The molecule has 0 bridgehead atoms. The van der Waals surface area contributed by atoms with Crippen LogP contribution < -0.4 is 0 Å². The molecule has 1 aromatic rings. The van der Waals surface area contributed by atoms with Crippen molar-refractivity contribution in [3.63, 3.8) is 0 Å². The Bertz CT molecular complexity index is 1300. The van der Waals surface area contributed by atoms with E-state index in [9.17, 15) is 24.6 Å². The summed E-state index contributed by atoms with van der Waals surface area (Å²) >= 11 is 1.39. The number of carbonyl (C=O) groups excluding carboxylic acids is 3. The fourth-order valence-electron chi connectivity index (χ4n) is 6.70. The molecule has 1 aromatic heterocycles. The lowest BCUT2D eigenvalue weighted by molar-refractivity contribution is -0.228. The van der Waals surface area contributed by atoms with Gasteiger partial charge in [-0.3, -0.25) is 14.4 Å². The van der Waals surface area contributed by atoms with Crippen molar-refractivity contribution >= 4 is 28.8 Å². The van der Waals surface area contributed by atoms with E-state index in [1.165, 1.54) is 28.0 Å². The molecule has 7 nitrogen and oxygen atoms in total. The molecular weight excluding hydrogens is 466 g/mol. The summed E-state index contributed by atoms with van der Waals surface area (Å²) in [5.41, 5.74) is 1.79. The summed E-state index contributed by atoms with van der Waals surface area (Å²) in [5.74, 6) is -1.52. The number of hydrogen-bond acceptors (Lipinski definition) is 7. The SMILES string of the molecule is C[C@H]1C=C2C(=O)C=C3C4=C(C5=C(CCC5)C4)N(C(=O)c4ccsc4)O[C@]3(C(=O)CO)[C@@]2(C)C[C@@H]1O. The molecule has 8 heteroatoms. The van der Waals surface area contributed by atoms with Gasteiger partial charge in [0.15, 0.2) is 17.2 Å². The predicted molar refractivity (Wildman–Crippen MR) is 128 cm³/mol. The van der Waals surface area contributed by atoms with Crippen LogP contribution >= 0.6 is 11.3 Å². The van der Waals surface area contributed by atoms with Crippen molar-refractivity contribution in [2.45, 2.75) is 57.7 Å². The number of rotatable bonds is 3. The summed E-state index contributed by atoms with van der Waals surface area (Å²) in [6, 6.07) is 1.71. The van der Waals surface area contributed by atoms with E-state index in [1.54, 1.807) is 24.4 Å². The minimum Gasteiger partial charge on any atom is -0.392 e. The number of hydrogen-bond donors (Lipinski definition) is 2. The molecule has 35 heavy (non-hydrogen) atoms. The summed E-state index contributed by atoms with van der Waals surface area (Å²) in [6.45, 7) is 2.74. The van der Waals surface area contributed by atoms with Gasteiger partial charge in [-0.15, -0.1) is 0 Å². The number of ketones is 2. The summed E-state index contributed by atoms with van der Waals surface area (Å²) in [7, 11) is 0. The lowest BCUT2D eigenvalue weighted by Crippen LogP contribution is -2.66. The predicted octanol–water partition coefficient (Wildman–Crippen LogP) is 3.42. The molecule has 0 saturated carbocycles. The van der Waals surface area contributed by atoms with Crippen molar-refractivity contribution in [2.75, 3.05) is 6.61 Å². The first-order valence-corrected chi connectivity index (χ1v) is 13.0. The van der Waals surface area contributed by atoms with Crippen LogP contribution in [0.5, 0.6) is 0 Å². The van der Waals surface area contributed by atoms with Crippen molar-refractivity contribution in [3.8, 4) is 0 Å². The number of fused-ring (bicyclic) bond motifs is 5. The van der Waals surface area contributed by atoms with E-state index in [0.29, 0.717) is 28.8 Å². The highest BCUT2D eigenvalue weighted by atomic mass is 32.1. The normalized spacial score (nSPS) is 33.7. The number of allylic oxidation sites excluding steroid dienone is 3. The molecule has 182 valence electrons. The van der Waals surface area contributed by atoms with Crippen molar-refractivity contribution in [3.05, 3.63) is 68.1 Å². The Morgan fingerprint density at radius 2 is 2.06 bits per heavy atom. The molecule has 5 aliphatic rings. The topological polar surface area (TPSA) is 104 Å². The van der Waals surface area contributed by atoms with Crippen LogP contribution in [0, 0.1) is 11.3 Å². The first-order chi connectivity index (χ1) is 16.7. The fourth-order valence-corrected chi connectivity index (χ4v) is 7.33. The van der Waals surface area contributed by atoms with E-state index >= 15 is 0 Å². The highest BCUT2D eigenvalue weighted by Gasteiger charge is 2.68. The summed E-state index contributed by atoms with van der Waals surface area (Å²) in [6.07, 6.45) is 5.66. The fraction of sp³-hybridized carbons (Fsp3) is 0.444. The Morgan fingerprint density at radius 3 is 2.77 bits per heavy atom. The second-order valence-electron chi connectivity index (χ2n) is 10.4. The molecule has 4 atom stereocenters. The van der Waals surface area contributed by atoms with Gasteiger partial charge in [0.2, 0.25) is 0 Å². The van der Waals surface area contributed by atoms with Crippen LogP contribution in [0.2, 0.25) is 0 Å². The summed E-state index contributed by atoms with van der Waals surface area (Å²) in [4.78, 5) is 47.6. The number of Topliss-reactive ketones (excluding diaryl/α,β-unsaturated/α-hetero) is 1. The molecule has 0 saturated heterocycles. The van der Waals surface area contributed by atoms with Crippen LogP contribution in [0.4, 0.5) is 0 Å². The van der Waals surface area contributed by atoms with Gasteiger partial charge in [0, 0.05) is 27.9 Å². The third kappa shape index (κ3) is 2.85. The largest absolute Gasteiger partial charge is 0.392 e. The minimum absolute atomic E-state index is 0.0884. The molecule has 0 spiro atoms. The summed E-state index contributed by atoms with van der Waals surface area (Å²) in [5, 5.41) is 25.8. The van der Waals surface area contributed by atoms with Gasteiger partial charge >= 0.3 is 0 Å². The number of amides is 1. The van der Waals surface area contributed by atoms with E-state index in [-0.39, 0.29) is 24.0 Å². The van der Waals surface area contributed by atoms with Crippen LogP contribution in [0.15, 0.2) is 62.5 Å². The number of hydroxylamine groups is 2. The Hall–Kier alpha value is -2.65. The van der Waals surface area contributed by atoms with Gasteiger partial charge in [-0.1, -0.05) is 25.5 Å². The van der Waals surface area contributed by atoms with Crippen LogP contribution in [-0.4, -0.2) is 51.1 Å². The first kappa shape index (κ1) is 22.8. The van der Waals surface area contributed by atoms with Gasteiger partial charge < -0.3 is 10.2 Å². The van der Waals surface area contributed by atoms with E-state index in [1.807, 2.05) is 12.3 Å². The van der Waals surface area contributed by atoms with Gasteiger partial charge in [0.25, 0.3) is 5.91 Å². The van der Waals surface area contributed by atoms with E-state index in [2.05, 4.69) is 0 Å². The highest BCUT2D eigenvalue weighted by molar-refractivity contribution is 7.08. The van der Waals surface area contributed by atoms with Crippen molar-refractivity contribution < 1.29 is 29.4 Å². The van der Waals surface area contributed by atoms with Crippen LogP contribution in [-0.2, 0) is 14.4 Å². The minimum atomic E-state index is -1.81. The summed E-state index contributed by atoms with van der Waals surface area (Å²) < 4.78 is 0. The van der Waals surface area contributed by atoms with E-state index in [0.717, 1.165) is 30.4 Å². The molecule has 0 fully saturated rings. The third-order valence-electron chi connectivity index (χ3n) is 8.48. The number of aliphatic hydroxyl groups excluding tert-OH is 2. The third-order valence-corrected chi connectivity index (χ3v) is 9.17. The second-order valence-corrected chi connectivity index (χ2v) is 11.2. The Morgan fingerprint density at radius 1 is 1.26 bits per heavy atom. The quantitative estimate of drug-likeness (QED) is 0.669. The zero-order valence-corrected chi connectivity index (χ0v) is 20.5. The second kappa shape index (κ2) is 7.67. The van der Waals surface area contributed by atoms with Gasteiger partial charge in [-0.2, -0.15) is 16.4 Å². The van der Waals surface area contributed by atoms with Gasteiger partial charge in [0.05, 0.1) is 17.4 Å². The number of thiophene rings is 1. The van der Waals surface area contributed by atoms with Crippen molar-refractivity contribution in [1.82, 2.24) is 5.06 Å². The Kier molecular flexibility index (Phi) is 5.00. The molecule has 4 aliphatic carbocycles. The van der Waals surface area contributed by atoms with Crippen LogP contribution in [0.1, 0.15) is 56.3 Å². The zero-order valence-electron chi connectivity index (χ0n) is 19.7. The average Bonchev–Trinajstić information content (AvgIpc) is 3.58. The molecule has 1 amide bonds. The van der Waals surface area contributed by atoms with Crippen molar-refractivity contribution in [1.29, 1.82) is 0 Å². The number of carbonyl (C=O) groups is 3. The van der Waals surface area contributed by atoms with Crippen molar-refractivity contribution in [2.24, 2.45) is 11.3 Å². The maximum atomic E-state index is 13.8. The van der Waals surface area contributed by atoms with E-state index in [4.69, 9.17) is 4.84 Å². The molecule has 2 heterocycles. The smallest absolute Gasteiger partial charge is 0.283 e. The average molecular weight is 494 g/mol. The maximum Gasteiger partial charge on any atom is 0.283 e. The molecule has 0 unspecified atom stereocenters. The van der Waals surface area contributed by atoms with Crippen LogP contribution in [0.3, 0.4) is 0 Å². The lowest BCUT2D eigenvalue weighted by atomic mass is 9.52. The molecule has 2 N–H and O–H groups in total. The molecule has 0 radical (unpaired) electrons. The van der Waals surface area contributed by atoms with Gasteiger partial charge in [0.1, 0.15) is 6.61 Å². The zero-order chi connectivity index (χ0) is 24.7. The lowest BCUT2D eigenvalue weighted by Gasteiger charge is -2.56. The number of nitrogens with zero attached hydrogens (tertiary/aromatic N) is 1. The highest BCUT2D eigenvalue weighted by Crippen LogP contribution is 2.62. The molecule has 1 aliphatic heterocycles. The first-order valence-electron chi connectivity index (χ1n) is 12.0. The Balaban J connectivity index is 1.64. The molecule has 0 aromatic carbocycles. The van der Waals surface area contributed by atoms with E-state index < -0.39 is 29.5 Å². The Labute approximate surface area is 207 Å².